The van der Waals surface area contributed by atoms with E-state index >= 15 is 0 Å². The number of aryl methyl sites for hydroxylation is 3. The SMILES string of the molecule is Cc1ccc(OCC(=O)N2Cc3nnc(C)n3CC2C(=O)O)c(C)c1. The fourth-order valence-electron chi connectivity index (χ4n) is 2.97. The second-order valence-corrected chi connectivity index (χ2v) is 6.21. The molecule has 1 N–H and O–H groups in total. The number of carbonyl (C=O) groups is 2. The zero-order valence-corrected chi connectivity index (χ0v) is 14.4. The summed E-state index contributed by atoms with van der Waals surface area (Å²) in [5.74, 6) is 0.384. The van der Waals surface area contributed by atoms with Crippen LogP contribution in [0.2, 0.25) is 0 Å². The molecule has 0 fully saturated rings. The smallest absolute Gasteiger partial charge is 0.328 e. The van der Waals surface area contributed by atoms with Crippen molar-refractivity contribution < 1.29 is 19.4 Å². The van der Waals surface area contributed by atoms with Crippen LogP contribution in [0.15, 0.2) is 18.2 Å². The van der Waals surface area contributed by atoms with Gasteiger partial charge in [0.1, 0.15) is 17.6 Å². The van der Waals surface area contributed by atoms with Crippen LogP contribution in [0.25, 0.3) is 0 Å². The van der Waals surface area contributed by atoms with Gasteiger partial charge in [-0.05, 0) is 32.4 Å². The Labute approximate surface area is 145 Å². The molecule has 25 heavy (non-hydrogen) atoms. The summed E-state index contributed by atoms with van der Waals surface area (Å²) in [6.07, 6.45) is 0. The quantitative estimate of drug-likeness (QED) is 0.891. The molecule has 1 unspecified atom stereocenters. The minimum Gasteiger partial charge on any atom is -0.483 e. The van der Waals surface area contributed by atoms with Crippen LogP contribution in [0.4, 0.5) is 0 Å². The number of carboxylic acid groups (broad SMARTS) is 1. The lowest BCUT2D eigenvalue weighted by Crippen LogP contribution is -2.52. The van der Waals surface area contributed by atoms with E-state index in [1.807, 2.05) is 32.0 Å². The van der Waals surface area contributed by atoms with Crippen molar-refractivity contribution >= 4 is 11.9 Å². The molecule has 1 aromatic heterocycles. The Morgan fingerprint density at radius 3 is 2.72 bits per heavy atom. The Kier molecular flexibility index (Phi) is 4.43. The number of hydrogen-bond donors (Lipinski definition) is 1. The van der Waals surface area contributed by atoms with E-state index in [4.69, 9.17) is 4.74 Å². The molecule has 3 rings (SSSR count). The van der Waals surface area contributed by atoms with E-state index in [0.717, 1.165) is 11.1 Å². The molecule has 2 aromatic rings. The zero-order valence-electron chi connectivity index (χ0n) is 14.4. The average Bonchev–Trinajstić information content (AvgIpc) is 2.93. The van der Waals surface area contributed by atoms with E-state index in [1.165, 1.54) is 4.90 Å². The van der Waals surface area contributed by atoms with Gasteiger partial charge < -0.3 is 19.3 Å². The van der Waals surface area contributed by atoms with E-state index in [2.05, 4.69) is 10.2 Å². The van der Waals surface area contributed by atoms with E-state index in [-0.39, 0.29) is 25.6 Å². The van der Waals surface area contributed by atoms with E-state index in [0.29, 0.717) is 17.4 Å². The summed E-state index contributed by atoms with van der Waals surface area (Å²) < 4.78 is 7.33. The molecule has 8 nitrogen and oxygen atoms in total. The molecule has 1 aromatic carbocycles. The number of fused-ring (bicyclic) bond motifs is 1. The van der Waals surface area contributed by atoms with Crippen LogP contribution in [-0.4, -0.2) is 49.3 Å². The third-order valence-corrected chi connectivity index (χ3v) is 4.34. The van der Waals surface area contributed by atoms with Gasteiger partial charge in [-0.25, -0.2) is 4.79 Å². The number of carboxylic acids is 1. The number of nitrogens with zero attached hydrogens (tertiary/aromatic N) is 4. The Morgan fingerprint density at radius 2 is 2.04 bits per heavy atom. The minimum absolute atomic E-state index is 0.104. The molecule has 1 atom stereocenters. The van der Waals surface area contributed by atoms with Crippen molar-refractivity contribution in [2.45, 2.75) is 39.9 Å². The van der Waals surface area contributed by atoms with Gasteiger partial charge in [0, 0.05) is 0 Å². The summed E-state index contributed by atoms with van der Waals surface area (Å²) in [5.41, 5.74) is 2.03. The molecule has 0 radical (unpaired) electrons. The predicted octanol–water partition coefficient (Wildman–Crippen LogP) is 1.08. The lowest BCUT2D eigenvalue weighted by atomic mass is 10.1. The molecule has 0 saturated heterocycles. The van der Waals surface area contributed by atoms with Crippen molar-refractivity contribution in [1.82, 2.24) is 19.7 Å². The van der Waals surface area contributed by atoms with Crippen molar-refractivity contribution in [2.24, 2.45) is 0 Å². The average molecular weight is 344 g/mol. The first-order chi connectivity index (χ1) is 11.9. The summed E-state index contributed by atoms with van der Waals surface area (Å²) in [6, 6.07) is 4.71. The summed E-state index contributed by atoms with van der Waals surface area (Å²) in [5, 5.41) is 17.4. The Bertz CT molecular complexity index is 830. The number of benzene rings is 1. The standard InChI is InChI=1S/C17H20N4O4/c1-10-4-5-14(11(2)6-10)25-9-16(22)21-8-15-19-18-12(3)20(15)7-13(21)17(23)24/h4-6,13H,7-9H2,1-3H3,(H,23,24). The predicted molar refractivity (Wildman–Crippen MR) is 88.1 cm³/mol. The van der Waals surface area contributed by atoms with Crippen molar-refractivity contribution in [3.8, 4) is 5.75 Å². The van der Waals surface area contributed by atoms with Crippen LogP contribution < -0.4 is 4.74 Å². The highest BCUT2D eigenvalue weighted by Gasteiger charge is 2.36. The summed E-state index contributed by atoms with van der Waals surface area (Å²) >= 11 is 0. The minimum atomic E-state index is -1.06. The summed E-state index contributed by atoms with van der Waals surface area (Å²) in [7, 11) is 0. The third kappa shape index (κ3) is 3.33. The van der Waals surface area contributed by atoms with Gasteiger partial charge in [-0.15, -0.1) is 10.2 Å². The van der Waals surface area contributed by atoms with Crippen LogP contribution >= 0.6 is 0 Å². The maximum atomic E-state index is 12.6. The number of amides is 1. The van der Waals surface area contributed by atoms with Gasteiger partial charge in [-0.2, -0.15) is 0 Å². The van der Waals surface area contributed by atoms with Gasteiger partial charge in [-0.3, -0.25) is 4.79 Å². The molecule has 132 valence electrons. The molecule has 8 heteroatoms. The molecular weight excluding hydrogens is 324 g/mol. The van der Waals surface area contributed by atoms with Crippen molar-refractivity contribution in [2.75, 3.05) is 6.61 Å². The number of ether oxygens (including phenoxy) is 1. The number of aromatic nitrogens is 3. The fourth-order valence-corrected chi connectivity index (χ4v) is 2.97. The van der Waals surface area contributed by atoms with Gasteiger partial charge >= 0.3 is 5.97 Å². The molecule has 0 aliphatic carbocycles. The maximum Gasteiger partial charge on any atom is 0.328 e. The van der Waals surface area contributed by atoms with Crippen LogP contribution in [0, 0.1) is 20.8 Å². The van der Waals surface area contributed by atoms with Crippen molar-refractivity contribution in [3.05, 3.63) is 41.0 Å². The van der Waals surface area contributed by atoms with Crippen LogP contribution in [-0.2, 0) is 22.7 Å². The number of rotatable bonds is 4. The van der Waals surface area contributed by atoms with Gasteiger partial charge in [0.25, 0.3) is 5.91 Å². The van der Waals surface area contributed by atoms with Crippen LogP contribution in [0.1, 0.15) is 22.8 Å². The molecular formula is C17H20N4O4. The van der Waals surface area contributed by atoms with Crippen molar-refractivity contribution in [1.29, 1.82) is 0 Å². The Hall–Kier alpha value is -2.90. The van der Waals surface area contributed by atoms with Gasteiger partial charge in [0.2, 0.25) is 0 Å². The molecule has 0 spiro atoms. The maximum absolute atomic E-state index is 12.6. The largest absolute Gasteiger partial charge is 0.483 e. The lowest BCUT2D eigenvalue weighted by Gasteiger charge is -2.33. The Balaban J connectivity index is 1.74. The van der Waals surface area contributed by atoms with E-state index < -0.39 is 12.0 Å². The van der Waals surface area contributed by atoms with Gasteiger partial charge in [0.05, 0.1) is 13.1 Å². The highest BCUT2D eigenvalue weighted by Crippen LogP contribution is 2.21. The van der Waals surface area contributed by atoms with E-state index in [9.17, 15) is 14.7 Å². The monoisotopic (exact) mass is 344 g/mol. The normalized spacial score (nSPS) is 16.4. The molecule has 2 heterocycles. The molecule has 1 aliphatic rings. The second-order valence-electron chi connectivity index (χ2n) is 6.21. The molecule has 1 amide bonds. The summed E-state index contributed by atoms with van der Waals surface area (Å²) in [4.78, 5) is 25.4. The highest BCUT2D eigenvalue weighted by atomic mass is 16.5. The zero-order chi connectivity index (χ0) is 18.1. The van der Waals surface area contributed by atoms with Crippen molar-refractivity contribution in [3.63, 3.8) is 0 Å². The third-order valence-electron chi connectivity index (χ3n) is 4.34. The van der Waals surface area contributed by atoms with Crippen LogP contribution in [0.5, 0.6) is 5.75 Å². The molecule has 0 bridgehead atoms. The second kappa shape index (κ2) is 6.54. The molecule has 1 aliphatic heterocycles. The highest BCUT2D eigenvalue weighted by molar-refractivity contribution is 5.84. The first kappa shape index (κ1) is 16.9. The fraction of sp³-hybridized carbons (Fsp3) is 0.412. The summed E-state index contributed by atoms with van der Waals surface area (Å²) in [6.45, 7) is 5.66. The lowest BCUT2D eigenvalue weighted by molar-refractivity contribution is -0.153. The first-order valence-electron chi connectivity index (χ1n) is 7.98. The Morgan fingerprint density at radius 1 is 1.28 bits per heavy atom. The van der Waals surface area contributed by atoms with Gasteiger partial charge in [-0.1, -0.05) is 17.7 Å². The molecule has 0 saturated carbocycles. The van der Waals surface area contributed by atoms with E-state index in [1.54, 1.807) is 11.5 Å². The van der Waals surface area contributed by atoms with Crippen LogP contribution in [0.3, 0.4) is 0 Å². The number of aliphatic carboxylic acids is 1. The first-order valence-corrected chi connectivity index (χ1v) is 7.98. The topological polar surface area (TPSA) is 97.5 Å². The van der Waals surface area contributed by atoms with Gasteiger partial charge in [0.15, 0.2) is 12.4 Å². The number of hydrogen-bond acceptors (Lipinski definition) is 5. The number of carbonyl (C=O) groups excluding carboxylic acids is 1.